The molecule has 1 amide bonds. The van der Waals surface area contributed by atoms with Gasteiger partial charge in [0.1, 0.15) is 0 Å². The molecule has 0 rings (SSSR count). The van der Waals surface area contributed by atoms with Crippen LogP contribution in [0.5, 0.6) is 0 Å². The second kappa shape index (κ2) is 5.11. The summed E-state index contributed by atoms with van der Waals surface area (Å²) in [4.78, 5) is 12.3. The van der Waals surface area contributed by atoms with Crippen LogP contribution in [0.15, 0.2) is 0 Å². The summed E-state index contributed by atoms with van der Waals surface area (Å²) >= 11 is 0. The van der Waals surface area contributed by atoms with Crippen molar-refractivity contribution in [3.8, 4) is 0 Å². The Morgan fingerprint density at radius 3 is 2.23 bits per heavy atom. The molecule has 0 aliphatic rings. The highest BCUT2D eigenvalue weighted by Gasteiger charge is 2.22. The predicted molar refractivity (Wildman–Crippen MR) is 46.5 cm³/mol. The number of alkyl halides is 2. The molecule has 0 aliphatic heterocycles. The van der Waals surface area contributed by atoms with Crippen molar-refractivity contribution in [1.29, 1.82) is 0 Å². The van der Waals surface area contributed by atoms with Crippen molar-refractivity contribution in [2.75, 3.05) is 13.6 Å². The molecule has 0 bridgehead atoms. The van der Waals surface area contributed by atoms with E-state index in [-0.39, 0.29) is 5.92 Å². The van der Waals surface area contributed by atoms with E-state index in [4.69, 9.17) is 5.73 Å². The Morgan fingerprint density at radius 1 is 1.46 bits per heavy atom. The first-order valence-electron chi connectivity index (χ1n) is 4.15. The molecule has 78 valence electrons. The van der Waals surface area contributed by atoms with E-state index in [0.29, 0.717) is 0 Å². The quantitative estimate of drug-likeness (QED) is 0.715. The summed E-state index contributed by atoms with van der Waals surface area (Å²) in [6, 6.07) is -0.691. The van der Waals surface area contributed by atoms with Crippen LogP contribution in [0.3, 0.4) is 0 Å². The summed E-state index contributed by atoms with van der Waals surface area (Å²) < 4.78 is 23.8. The van der Waals surface area contributed by atoms with Crippen molar-refractivity contribution < 1.29 is 13.6 Å². The van der Waals surface area contributed by atoms with Gasteiger partial charge in [0.05, 0.1) is 12.6 Å². The van der Waals surface area contributed by atoms with Gasteiger partial charge in [-0.3, -0.25) is 4.79 Å². The number of halogens is 2. The van der Waals surface area contributed by atoms with Gasteiger partial charge < -0.3 is 10.6 Å². The maximum absolute atomic E-state index is 11.9. The molecule has 0 spiro atoms. The van der Waals surface area contributed by atoms with Crippen LogP contribution in [0.25, 0.3) is 0 Å². The van der Waals surface area contributed by atoms with E-state index in [9.17, 15) is 13.6 Å². The first-order chi connectivity index (χ1) is 5.86. The number of amides is 1. The molecule has 0 unspecified atom stereocenters. The summed E-state index contributed by atoms with van der Waals surface area (Å²) in [5.74, 6) is -0.470. The number of hydrogen-bond donors (Lipinski definition) is 1. The van der Waals surface area contributed by atoms with E-state index in [2.05, 4.69) is 0 Å². The third-order valence-electron chi connectivity index (χ3n) is 1.79. The molecule has 0 aromatic rings. The topological polar surface area (TPSA) is 46.3 Å². The van der Waals surface area contributed by atoms with Crippen molar-refractivity contribution in [3.63, 3.8) is 0 Å². The lowest BCUT2D eigenvalue weighted by Crippen LogP contribution is -2.46. The Balaban J connectivity index is 4.09. The molecule has 13 heavy (non-hydrogen) atoms. The number of nitrogens with two attached hydrogens (primary N) is 1. The molecule has 0 saturated heterocycles. The smallest absolute Gasteiger partial charge is 0.255 e. The van der Waals surface area contributed by atoms with E-state index >= 15 is 0 Å². The SMILES string of the molecule is CC(C)[C@@H](N)C(=O)N(C)CC(F)F. The van der Waals surface area contributed by atoms with Crippen LogP contribution in [-0.2, 0) is 4.79 Å². The molecule has 0 heterocycles. The molecule has 0 aliphatic carbocycles. The van der Waals surface area contributed by atoms with Gasteiger partial charge in [-0.2, -0.15) is 0 Å². The highest BCUT2D eigenvalue weighted by atomic mass is 19.3. The van der Waals surface area contributed by atoms with Gasteiger partial charge in [0.2, 0.25) is 5.91 Å². The van der Waals surface area contributed by atoms with Gasteiger partial charge in [-0.15, -0.1) is 0 Å². The minimum Gasteiger partial charge on any atom is -0.339 e. The fraction of sp³-hybridized carbons (Fsp3) is 0.875. The second-order valence-corrected chi connectivity index (χ2v) is 3.38. The standard InChI is InChI=1S/C8H16F2N2O/c1-5(2)7(11)8(13)12(3)4-6(9)10/h5-7H,4,11H2,1-3H3/t7-/m1/s1. The molecule has 3 nitrogen and oxygen atoms in total. The third kappa shape index (κ3) is 4.17. The van der Waals surface area contributed by atoms with Crippen molar-refractivity contribution in [2.45, 2.75) is 26.3 Å². The first kappa shape index (κ1) is 12.3. The number of rotatable bonds is 4. The van der Waals surface area contributed by atoms with Gasteiger partial charge in [0.15, 0.2) is 0 Å². The first-order valence-corrected chi connectivity index (χ1v) is 4.15. The van der Waals surface area contributed by atoms with Crippen molar-refractivity contribution in [3.05, 3.63) is 0 Å². The van der Waals surface area contributed by atoms with Gasteiger partial charge in [-0.05, 0) is 5.92 Å². The summed E-state index contributed by atoms with van der Waals surface area (Å²) in [6.45, 7) is 3.00. The van der Waals surface area contributed by atoms with E-state index in [1.165, 1.54) is 7.05 Å². The van der Waals surface area contributed by atoms with Crippen LogP contribution in [-0.4, -0.2) is 36.9 Å². The fourth-order valence-electron chi connectivity index (χ4n) is 0.837. The Bertz CT molecular complexity index is 174. The minimum atomic E-state index is -2.51. The lowest BCUT2D eigenvalue weighted by atomic mass is 10.0. The zero-order chi connectivity index (χ0) is 10.6. The molecule has 0 aromatic carbocycles. The van der Waals surface area contributed by atoms with Crippen LogP contribution in [0, 0.1) is 5.92 Å². The van der Waals surface area contributed by atoms with E-state index in [1.807, 2.05) is 0 Å². The van der Waals surface area contributed by atoms with E-state index < -0.39 is 24.9 Å². The molecule has 0 radical (unpaired) electrons. The predicted octanol–water partition coefficient (Wildman–Crippen LogP) is 0.693. The maximum Gasteiger partial charge on any atom is 0.255 e. The minimum absolute atomic E-state index is 0.0346. The van der Waals surface area contributed by atoms with E-state index in [1.54, 1.807) is 13.8 Å². The highest BCUT2D eigenvalue weighted by Crippen LogP contribution is 2.04. The average molecular weight is 194 g/mol. The fourth-order valence-corrected chi connectivity index (χ4v) is 0.837. The van der Waals surface area contributed by atoms with E-state index in [0.717, 1.165) is 4.90 Å². The van der Waals surface area contributed by atoms with Crippen LogP contribution in [0.4, 0.5) is 8.78 Å². The largest absolute Gasteiger partial charge is 0.339 e. The summed E-state index contributed by atoms with van der Waals surface area (Å²) in [5, 5.41) is 0. The summed E-state index contributed by atoms with van der Waals surface area (Å²) in [7, 11) is 1.33. The Hall–Kier alpha value is -0.710. The van der Waals surface area contributed by atoms with Gasteiger partial charge in [0, 0.05) is 7.05 Å². The highest BCUT2D eigenvalue weighted by molar-refractivity contribution is 5.81. The maximum atomic E-state index is 11.9. The third-order valence-corrected chi connectivity index (χ3v) is 1.79. The van der Waals surface area contributed by atoms with Crippen molar-refractivity contribution >= 4 is 5.91 Å². The lowest BCUT2D eigenvalue weighted by Gasteiger charge is -2.22. The van der Waals surface area contributed by atoms with Crippen molar-refractivity contribution in [1.82, 2.24) is 4.90 Å². The monoisotopic (exact) mass is 194 g/mol. The molecular formula is C8H16F2N2O. The normalized spacial score (nSPS) is 13.5. The summed E-state index contributed by atoms with van der Waals surface area (Å²) in [5.41, 5.74) is 5.50. The number of likely N-dealkylation sites (N-methyl/N-ethyl adjacent to an activating group) is 1. The summed E-state index contributed by atoms with van der Waals surface area (Å²) in [6.07, 6.45) is -2.51. The Labute approximate surface area is 76.9 Å². The van der Waals surface area contributed by atoms with Gasteiger partial charge >= 0.3 is 0 Å². The van der Waals surface area contributed by atoms with Crippen LogP contribution in [0.1, 0.15) is 13.8 Å². The number of carbonyl (C=O) groups is 1. The molecule has 0 saturated carbocycles. The zero-order valence-electron chi connectivity index (χ0n) is 8.13. The molecule has 2 N–H and O–H groups in total. The molecule has 0 aromatic heterocycles. The number of hydrogen-bond acceptors (Lipinski definition) is 2. The Kier molecular flexibility index (Phi) is 4.83. The number of nitrogens with zero attached hydrogens (tertiary/aromatic N) is 1. The molecule has 0 fully saturated rings. The van der Waals surface area contributed by atoms with Gasteiger partial charge in [-0.25, -0.2) is 8.78 Å². The molecular weight excluding hydrogens is 178 g/mol. The van der Waals surface area contributed by atoms with Crippen LogP contribution >= 0.6 is 0 Å². The average Bonchev–Trinajstić information content (AvgIpc) is 2.00. The molecule has 1 atom stereocenters. The number of carbonyl (C=O) groups excluding carboxylic acids is 1. The Morgan fingerprint density at radius 2 is 1.92 bits per heavy atom. The van der Waals surface area contributed by atoms with Gasteiger partial charge in [0.25, 0.3) is 6.43 Å². The van der Waals surface area contributed by atoms with Crippen LogP contribution < -0.4 is 5.73 Å². The second-order valence-electron chi connectivity index (χ2n) is 3.38. The lowest BCUT2D eigenvalue weighted by molar-refractivity contribution is -0.133. The van der Waals surface area contributed by atoms with Crippen molar-refractivity contribution in [2.24, 2.45) is 11.7 Å². The van der Waals surface area contributed by atoms with Gasteiger partial charge in [-0.1, -0.05) is 13.8 Å². The zero-order valence-corrected chi connectivity index (χ0v) is 8.13. The van der Waals surface area contributed by atoms with Crippen LogP contribution in [0.2, 0.25) is 0 Å². The molecule has 5 heteroatoms.